The lowest BCUT2D eigenvalue weighted by Crippen LogP contribution is -2.06. The van der Waals surface area contributed by atoms with Crippen LogP contribution in [0.1, 0.15) is 82.3 Å². The predicted octanol–water partition coefficient (Wildman–Crippen LogP) is 8.85. The Bertz CT molecular complexity index is 732. The Morgan fingerprint density at radius 2 is 1.13 bits per heavy atom. The van der Waals surface area contributed by atoms with Gasteiger partial charge in [-0.15, -0.1) is 11.8 Å². The van der Waals surface area contributed by atoms with Gasteiger partial charge < -0.3 is 0 Å². The number of hydrogen-bond acceptors (Lipinski definition) is 1. The summed E-state index contributed by atoms with van der Waals surface area (Å²) in [5.74, 6) is -4.69. The van der Waals surface area contributed by atoms with Crippen molar-refractivity contribution in [3.05, 3.63) is 64.7 Å². The molecule has 0 spiro atoms. The zero-order valence-corrected chi connectivity index (χ0v) is 18.6. The van der Waals surface area contributed by atoms with E-state index in [1.807, 2.05) is 0 Å². The van der Waals surface area contributed by atoms with Gasteiger partial charge in [-0.1, -0.05) is 95.0 Å². The Morgan fingerprint density at radius 1 is 0.633 bits per heavy atom. The first-order valence-electron chi connectivity index (χ1n) is 11.1. The minimum absolute atomic E-state index is 0.185. The normalized spacial score (nSPS) is 11.2. The number of rotatable bonds is 14. The largest absolute Gasteiger partial charge is 0.203 e. The fraction of sp³-hybridized carbons (Fsp3) is 0.520. The quantitative estimate of drug-likeness (QED) is 0.122. The molecule has 0 amide bonds. The third-order valence-electron chi connectivity index (χ3n) is 5.28. The maximum Gasteiger partial charge on any atom is 0.175 e. The SMILES string of the molecule is CCCCCCCCCCCCSc1c(F)c(F)c(Cc2ccccc2)c(F)c1F. The third-order valence-corrected chi connectivity index (χ3v) is 6.42. The summed E-state index contributed by atoms with van der Waals surface area (Å²) in [6.45, 7) is 2.21. The zero-order valence-electron chi connectivity index (χ0n) is 17.8. The highest BCUT2D eigenvalue weighted by Gasteiger charge is 2.25. The van der Waals surface area contributed by atoms with Crippen molar-refractivity contribution in [1.29, 1.82) is 0 Å². The van der Waals surface area contributed by atoms with Crippen LogP contribution in [0.3, 0.4) is 0 Å². The van der Waals surface area contributed by atoms with Gasteiger partial charge in [0.25, 0.3) is 0 Å². The standard InChI is InChI=1S/C25H32F4S/c1-2-3-4-5-6-7-8-9-10-14-17-30-25-23(28)21(26)20(22(27)24(25)29)18-19-15-12-11-13-16-19/h11-13,15-16H,2-10,14,17-18H2,1H3. The molecule has 166 valence electrons. The topological polar surface area (TPSA) is 0 Å². The molecule has 0 aliphatic carbocycles. The van der Waals surface area contributed by atoms with E-state index in [9.17, 15) is 17.6 Å². The van der Waals surface area contributed by atoms with E-state index in [-0.39, 0.29) is 6.42 Å². The van der Waals surface area contributed by atoms with Gasteiger partial charge in [0.1, 0.15) is 0 Å². The summed E-state index contributed by atoms with van der Waals surface area (Å²) < 4.78 is 57.7. The summed E-state index contributed by atoms with van der Waals surface area (Å²) in [6.07, 6.45) is 11.4. The van der Waals surface area contributed by atoms with Gasteiger partial charge in [-0.2, -0.15) is 0 Å². The molecule has 0 nitrogen and oxygen atoms in total. The fourth-order valence-electron chi connectivity index (χ4n) is 3.50. The van der Waals surface area contributed by atoms with Crippen LogP contribution in [0.5, 0.6) is 0 Å². The first-order chi connectivity index (χ1) is 14.6. The van der Waals surface area contributed by atoms with E-state index >= 15 is 0 Å². The van der Waals surface area contributed by atoms with E-state index in [0.717, 1.165) is 37.4 Å². The van der Waals surface area contributed by atoms with Gasteiger partial charge in [0.15, 0.2) is 23.3 Å². The molecule has 0 unspecified atom stereocenters. The van der Waals surface area contributed by atoms with E-state index in [0.29, 0.717) is 11.3 Å². The van der Waals surface area contributed by atoms with E-state index in [1.165, 1.54) is 38.5 Å². The van der Waals surface area contributed by atoms with Gasteiger partial charge >= 0.3 is 0 Å². The molecule has 2 aromatic carbocycles. The molecule has 2 aromatic rings. The molecule has 0 fully saturated rings. The number of halogens is 4. The first kappa shape index (κ1) is 24.8. The molecule has 0 N–H and O–H groups in total. The van der Waals surface area contributed by atoms with E-state index in [4.69, 9.17) is 0 Å². The minimum Gasteiger partial charge on any atom is -0.203 e. The van der Waals surface area contributed by atoms with Crippen LogP contribution in [0.15, 0.2) is 35.2 Å². The molecule has 0 bridgehead atoms. The number of unbranched alkanes of at least 4 members (excludes halogenated alkanes) is 9. The second-order valence-corrected chi connectivity index (χ2v) is 8.86. The molecule has 0 radical (unpaired) electrons. The maximum absolute atomic E-state index is 14.4. The van der Waals surface area contributed by atoms with Crippen LogP contribution in [0, 0.1) is 23.3 Å². The van der Waals surface area contributed by atoms with E-state index < -0.39 is 33.7 Å². The van der Waals surface area contributed by atoms with E-state index in [1.54, 1.807) is 30.3 Å². The van der Waals surface area contributed by atoms with Crippen molar-refractivity contribution in [3.8, 4) is 0 Å². The average molecular weight is 441 g/mol. The lowest BCUT2D eigenvalue weighted by Gasteiger charge is -2.12. The highest BCUT2D eigenvalue weighted by atomic mass is 32.2. The Hall–Kier alpha value is -1.49. The van der Waals surface area contributed by atoms with Crippen LogP contribution in [0.25, 0.3) is 0 Å². The molecular weight excluding hydrogens is 408 g/mol. The van der Waals surface area contributed by atoms with Gasteiger partial charge in [0, 0.05) is 12.0 Å². The lowest BCUT2D eigenvalue weighted by atomic mass is 10.0. The van der Waals surface area contributed by atoms with Gasteiger partial charge in [0.2, 0.25) is 0 Å². The Balaban J connectivity index is 1.80. The van der Waals surface area contributed by atoms with Crippen LogP contribution in [-0.2, 0) is 6.42 Å². The molecule has 0 saturated heterocycles. The van der Waals surface area contributed by atoms with Crippen LogP contribution in [-0.4, -0.2) is 5.75 Å². The van der Waals surface area contributed by atoms with Crippen molar-refractivity contribution in [2.24, 2.45) is 0 Å². The summed E-state index contributed by atoms with van der Waals surface area (Å²) in [7, 11) is 0. The molecule has 0 aromatic heterocycles. The molecule has 0 aliphatic rings. The monoisotopic (exact) mass is 440 g/mol. The molecule has 0 saturated carbocycles. The second kappa shape index (κ2) is 13.7. The van der Waals surface area contributed by atoms with Crippen molar-refractivity contribution < 1.29 is 17.6 Å². The summed E-state index contributed by atoms with van der Waals surface area (Å²) in [4.78, 5) is -0.544. The van der Waals surface area contributed by atoms with Crippen molar-refractivity contribution in [2.75, 3.05) is 5.75 Å². The van der Waals surface area contributed by atoms with Crippen molar-refractivity contribution in [3.63, 3.8) is 0 Å². The zero-order chi connectivity index (χ0) is 21.8. The van der Waals surface area contributed by atoms with E-state index in [2.05, 4.69) is 6.92 Å². The molecule has 30 heavy (non-hydrogen) atoms. The van der Waals surface area contributed by atoms with Gasteiger partial charge in [-0.05, 0) is 17.7 Å². The van der Waals surface area contributed by atoms with Crippen molar-refractivity contribution in [1.82, 2.24) is 0 Å². The van der Waals surface area contributed by atoms with Crippen LogP contribution in [0.4, 0.5) is 17.6 Å². The second-order valence-electron chi connectivity index (χ2n) is 7.76. The molecule has 0 heterocycles. The maximum atomic E-state index is 14.4. The molecule has 5 heteroatoms. The summed E-state index contributed by atoms with van der Waals surface area (Å²) >= 11 is 0.864. The first-order valence-corrected chi connectivity index (χ1v) is 12.1. The fourth-order valence-corrected chi connectivity index (χ4v) is 4.49. The van der Waals surface area contributed by atoms with Gasteiger partial charge in [-0.3, -0.25) is 0 Å². The molecule has 0 aliphatic heterocycles. The summed E-state index contributed by atoms with van der Waals surface area (Å²) in [5, 5.41) is 0. The lowest BCUT2D eigenvalue weighted by molar-refractivity contribution is 0.415. The third kappa shape index (κ3) is 7.64. The van der Waals surface area contributed by atoms with Crippen molar-refractivity contribution >= 4 is 11.8 Å². The number of benzene rings is 2. The highest BCUT2D eigenvalue weighted by Crippen LogP contribution is 2.33. The van der Waals surface area contributed by atoms with Crippen LogP contribution < -0.4 is 0 Å². The minimum atomic E-state index is -1.29. The smallest absolute Gasteiger partial charge is 0.175 e. The van der Waals surface area contributed by atoms with Gasteiger partial charge in [-0.25, -0.2) is 17.6 Å². The van der Waals surface area contributed by atoms with Crippen LogP contribution >= 0.6 is 11.8 Å². The predicted molar refractivity (Wildman–Crippen MR) is 118 cm³/mol. The number of hydrogen-bond donors (Lipinski definition) is 0. The summed E-state index contributed by atoms with van der Waals surface area (Å²) in [6, 6.07) is 8.54. The number of thioether (sulfide) groups is 1. The average Bonchev–Trinajstić information content (AvgIpc) is 2.76. The van der Waals surface area contributed by atoms with Crippen molar-refractivity contribution in [2.45, 2.75) is 82.4 Å². The summed E-state index contributed by atoms with van der Waals surface area (Å²) in [5.41, 5.74) is 0.0411. The Labute approximate surface area is 182 Å². The van der Waals surface area contributed by atoms with Gasteiger partial charge in [0.05, 0.1) is 4.90 Å². The molecular formula is C25H32F4S. The highest BCUT2D eigenvalue weighted by molar-refractivity contribution is 7.99. The molecule has 2 rings (SSSR count). The van der Waals surface area contributed by atoms with Crippen LogP contribution in [0.2, 0.25) is 0 Å². The molecule has 0 atom stereocenters. The Morgan fingerprint density at radius 3 is 1.67 bits per heavy atom. The Kier molecular flexibility index (Phi) is 11.3.